The molecule has 12 heavy (non-hydrogen) atoms. The van der Waals surface area contributed by atoms with Crippen LogP contribution in [0, 0.1) is 17.8 Å². The van der Waals surface area contributed by atoms with E-state index in [1.54, 1.807) is 0 Å². The summed E-state index contributed by atoms with van der Waals surface area (Å²) >= 11 is 0. The smallest absolute Gasteiger partial charge is 0.00671 e. The number of nitrogens with two attached hydrogens (primary N) is 1. The highest BCUT2D eigenvalue weighted by Crippen LogP contribution is 2.36. The third-order valence-electron chi connectivity index (χ3n) is 3.79. The fourth-order valence-corrected chi connectivity index (χ4v) is 2.53. The van der Waals surface area contributed by atoms with Crippen LogP contribution in [0.5, 0.6) is 0 Å². The van der Waals surface area contributed by atoms with Gasteiger partial charge >= 0.3 is 0 Å². The van der Waals surface area contributed by atoms with Crippen LogP contribution in [0.2, 0.25) is 0 Å². The quantitative estimate of drug-likeness (QED) is 0.676. The highest BCUT2D eigenvalue weighted by Gasteiger charge is 2.30. The van der Waals surface area contributed by atoms with Crippen LogP contribution in [0.15, 0.2) is 0 Å². The molecule has 0 aromatic rings. The first-order valence-corrected chi connectivity index (χ1v) is 5.42. The molecule has 1 aliphatic carbocycles. The fourth-order valence-electron chi connectivity index (χ4n) is 2.53. The Bertz CT molecular complexity index is 133. The Morgan fingerprint density at radius 3 is 2.58 bits per heavy atom. The van der Waals surface area contributed by atoms with Crippen molar-refractivity contribution in [1.29, 1.82) is 0 Å². The summed E-state index contributed by atoms with van der Waals surface area (Å²) in [6.07, 6.45) is 5.31. The number of rotatable bonds is 2. The van der Waals surface area contributed by atoms with Crippen LogP contribution in [0.3, 0.4) is 0 Å². The minimum Gasteiger partial charge on any atom is -0.327 e. The Morgan fingerprint density at radius 2 is 2.00 bits per heavy atom. The molecule has 0 aromatic heterocycles. The van der Waals surface area contributed by atoms with Crippen molar-refractivity contribution in [2.45, 2.75) is 52.5 Å². The van der Waals surface area contributed by atoms with E-state index in [0.717, 1.165) is 24.2 Å². The van der Waals surface area contributed by atoms with Gasteiger partial charge in [0.15, 0.2) is 0 Å². The van der Waals surface area contributed by atoms with Crippen LogP contribution in [0.25, 0.3) is 0 Å². The minimum atomic E-state index is 0.447. The third-order valence-corrected chi connectivity index (χ3v) is 3.79. The summed E-state index contributed by atoms with van der Waals surface area (Å²) in [7, 11) is 0. The van der Waals surface area contributed by atoms with Gasteiger partial charge in [0.2, 0.25) is 0 Å². The topological polar surface area (TPSA) is 26.0 Å². The molecule has 0 saturated heterocycles. The molecular formula is C11H23N. The summed E-state index contributed by atoms with van der Waals surface area (Å²) in [5.74, 6) is 2.52. The first-order valence-electron chi connectivity index (χ1n) is 5.42. The molecule has 4 atom stereocenters. The Kier molecular flexibility index (Phi) is 3.57. The largest absolute Gasteiger partial charge is 0.327 e. The van der Waals surface area contributed by atoms with Gasteiger partial charge in [0.25, 0.3) is 0 Å². The van der Waals surface area contributed by atoms with Crippen LogP contribution in [0.1, 0.15) is 46.5 Å². The van der Waals surface area contributed by atoms with Crippen LogP contribution < -0.4 is 5.73 Å². The van der Waals surface area contributed by atoms with E-state index in [-0.39, 0.29) is 0 Å². The van der Waals surface area contributed by atoms with E-state index in [1.807, 2.05) is 0 Å². The molecule has 1 fully saturated rings. The van der Waals surface area contributed by atoms with Gasteiger partial charge in [0.05, 0.1) is 0 Å². The zero-order chi connectivity index (χ0) is 9.14. The van der Waals surface area contributed by atoms with Crippen molar-refractivity contribution in [1.82, 2.24) is 0 Å². The summed E-state index contributed by atoms with van der Waals surface area (Å²) in [5, 5.41) is 0. The monoisotopic (exact) mass is 169 g/mol. The van der Waals surface area contributed by atoms with Crippen molar-refractivity contribution in [3.05, 3.63) is 0 Å². The van der Waals surface area contributed by atoms with E-state index in [9.17, 15) is 0 Å². The van der Waals surface area contributed by atoms with Crippen LogP contribution >= 0.6 is 0 Å². The summed E-state index contributed by atoms with van der Waals surface area (Å²) in [6.45, 7) is 6.96. The van der Waals surface area contributed by atoms with Gasteiger partial charge in [-0.15, -0.1) is 0 Å². The predicted molar refractivity (Wildman–Crippen MR) is 53.9 cm³/mol. The van der Waals surface area contributed by atoms with E-state index < -0.39 is 0 Å². The van der Waals surface area contributed by atoms with Crippen LogP contribution in [-0.2, 0) is 0 Å². The van der Waals surface area contributed by atoms with Gasteiger partial charge in [-0.2, -0.15) is 0 Å². The molecule has 0 heterocycles. The fraction of sp³-hybridized carbons (Fsp3) is 1.00. The second kappa shape index (κ2) is 4.27. The second-order valence-corrected chi connectivity index (χ2v) is 4.50. The molecule has 1 aliphatic rings. The Labute approximate surface area is 76.7 Å². The summed E-state index contributed by atoms with van der Waals surface area (Å²) in [6, 6.07) is 0.447. The molecule has 72 valence electrons. The van der Waals surface area contributed by atoms with Gasteiger partial charge in [-0.05, 0) is 30.6 Å². The van der Waals surface area contributed by atoms with Crippen molar-refractivity contribution in [2.24, 2.45) is 23.5 Å². The SMILES string of the molecule is CCC(N)C1CCCC(C)C1C. The van der Waals surface area contributed by atoms with Crippen molar-refractivity contribution < 1.29 is 0 Å². The van der Waals surface area contributed by atoms with Gasteiger partial charge in [0, 0.05) is 6.04 Å². The zero-order valence-corrected chi connectivity index (χ0v) is 8.72. The Morgan fingerprint density at radius 1 is 1.33 bits per heavy atom. The normalized spacial score (nSPS) is 39.5. The van der Waals surface area contributed by atoms with Crippen molar-refractivity contribution in [2.75, 3.05) is 0 Å². The highest BCUT2D eigenvalue weighted by molar-refractivity contribution is 4.83. The minimum absolute atomic E-state index is 0.447. The summed E-state index contributed by atoms with van der Waals surface area (Å²) < 4.78 is 0. The first-order chi connectivity index (χ1) is 5.66. The molecule has 4 unspecified atom stereocenters. The van der Waals surface area contributed by atoms with Crippen molar-refractivity contribution in [3.8, 4) is 0 Å². The molecular weight excluding hydrogens is 146 g/mol. The second-order valence-electron chi connectivity index (χ2n) is 4.50. The summed E-state index contributed by atoms with van der Waals surface area (Å²) in [5.41, 5.74) is 6.10. The lowest BCUT2D eigenvalue weighted by Crippen LogP contribution is -2.38. The van der Waals surface area contributed by atoms with Crippen LogP contribution in [-0.4, -0.2) is 6.04 Å². The maximum absolute atomic E-state index is 6.10. The standard InChI is InChI=1S/C11H23N/c1-4-11(12)10-7-5-6-8(2)9(10)3/h8-11H,4-7,12H2,1-3H3. The highest BCUT2D eigenvalue weighted by atomic mass is 14.7. The van der Waals surface area contributed by atoms with E-state index in [1.165, 1.54) is 19.3 Å². The lowest BCUT2D eigenvalue weighted by molar-refractivity contribution is 0.154. The van der Waals surface area contributed by atoms with E-state index >= 15 is 0 Å². The van der Waals surface area contributed by atoms with Crippen LogP contribution in [0.4, 0.5) is 0 Å². The van der Waals surface area contributed by atoms with Crippen molar-refractivity contribution >= 4 is 0 Å². The maximum Gasteiger partial charge on any atom is 0.00671 e. The van der Waals surface area contributed by atoms with E-state index in [2.05, 4.69) is 20.8 Å². The molecule has 0 aliphatic heterocycles. The lowest BCUT2D eigenvalue weighted by atomic mass is 9.70. The zero-order valence-electron chi connectivity index (χ0n) is 8.72. The Hall–Kier alpha value is -0.0400. The molecule has 1 nitrogen and oxygen atoms in total. The van der Waals surface area contributed by atoms with Gasteiger partial charge in [-0.25, -0.2) is 0 Å². The predicted octanol–water partition coefficient (Wildman–Crippen LogP) is 2.80. The Balaban J connectivity index is 2.51. The molecule has 0 aromatic carbocycles. The molecule has 0 amide bonds. The van der Waals surface area contributed by atoms with Gasteiger partial charge < -0.3 is 5.73 Å². The molecule has 0 radical (unpaired) electrons. The van der Waals surface area contributed by atoms with Gasteiger partial charge in [0.1, 0.15) is 0 Å². The molecule has 0 spiro atoms. The molecule has 1 heteroatoms. The average Bonchev–Trinajstić information content (AvgIpc) is 2.08. The summed E-state index contributed by atoms with van der Waals surface area (Å²) in [4.78, 5) is 0. The molecule has 1 rings (SSSR count). The molecule has 0 bridgehead atoms. The average molecular weight is 169 g/mol. The van der Waals surface area contributed by atoms with Gasteiger partial charge in [-0.1, -0.05) is 33.6 Å². The van der Waals surface area contributed by atoms with E-state index in [0.29, 0.717) is 6.04 Å². The number of hydrogen-bond acceptors (Lipinski definition) is 1. The van der Waals surface area contributed by atoms with E-state index in [4.69, 9.17) is 5.73 Å². The first kappa shape index (κ1) is 10.0. The lowest BCUT2D eigenvalue weighted by Gasteiger charge is -2.37. The third kappa shape index (κ3) is 2.01. The van der Waals surface area contributed by atoms with Gasteiger partial charge in [-0.3, -0.25) is 0 Å². The van der Waals surface area contributed by atoms with Crippen molar-refractivity contribution in [3.63, 3.8) is 0 Å². The number of hydrogen-bond donors (Lipinski definition) is 1. The molecule has 1 saturated carbocycles. The molecule has 2 N–H and O–H groups in total. The maximum atomic E-state index is 6.10.